The monoisotopic (exact) mass is 547 g/mol. The maximum Gasteiger partial charge on any atom is 0.410 e. The summed E-state index contributed by atoms with van der Waals surface area (Å²) in [6.45, 7) is 6.50. The number of benzene rings is 2. The summed E-state index contributed by atoms with van der Waals surface area (Å²) in [5.74, 6) is 0.979. The lowest BCUT2D eigenvalue weighted by molar-refractivity contribution is 0.0224. The van der Waals surface area contributed by atoms with Crippen LogP contribution < -0.4 is 15.6 Å². The van der Waals surface area contributed by atoms with Gasteiger partial charge >= 0.3 is 6.09 Å². The highest BCUT2D eigenvalue weighted by Crippen LogP contribution is 2.35. The van der Waals surface area contributed by atoms with Crippen LogP contribution in [-0.2, 0) is 24.1 Å². The quantitative estimate of drug-likeness (QED) is 0.334. The zero-order valence-electron chi connectivity index (χ0n) is 22.3. The van der Waals surface area contributed by atoms with Crippen molar-refractivity contribution in [3.8, 4) is 5.75 Å². The number of pyridine rings is 1. The SMILES string of the molecule is COc1cc2c(cc1Nc1nc(Cc3ccccc3Cl)cc3cn[nH]c(=O)c13)CN(C(=O)OC(C)(C)C)CC2. The minimum absolute atomic E-state index is 0.350. The van der Waals surface area contributed by atoms with Gasteiger partial charge in [0.1, 0.15) is 17.2 Å². The molecule has 39 heavy (non-hydrogen) atoms. The summed E-state index contributed by atoms with van der Waals surface area (Å²) >= 11 is 6.40. The Morgan fingerprint density at radius 3 is 2.72 bits per heavy atom. The van der Waals surface area contributed by atoms with Gasteiger partial charge in [-0.25, -0.2) is 14.9 Å². The van der Waals surface area contributed by atoms with Crippen molar-refractivity contribution in [2.75, 3.05) is 19.0 Å². The van der Waals surface area contributed by atoms with E-state index in [0.717, 1.165) is 22.4 Å². The summed E-state index contributed by atoms with van der Waals surface area (Å²) in [6, 6.07) is 13.3. The fourth-order valence-corrected chi connectivity index (χ4v) is 4.86. The molecule has 9 nitrogen and oxygen atoms in total. The number of methoxy groups -OCH3 is 1. The van der Waals surface area contributed by atoms with Crippen LogP contribution in [0, 0.1) is 0 Å². The van der Waals surface area contributed by atoms with Crippen molar-refractivity contribution in [1.29, 1.82) is 0 Å². The van der Waals surface area contributed by atoms with E-state index in [9.17, 15) is 9.59 Å². The number of nitrogens with zero attached hydrogens (tertiary/aromatic N) is 3. The Balaban J connectivity index is 1.52. The first-order chi connectivity index (χ1) is 18.6. The fraction of sp³-hybridized carbons (Fsp3) is 0.310. The summed E-state index contributed by atoms with van der Waals surface area (Å²) in [7, 11) is 1.60. The van der Waals surface area contributed by atoms with E-state index in [-0.39, 0.29) is 11.7 Å². The molecule has 4 aromatic rings. The van der Waals surface area contributed by atoms with E-state index >= 15 is 0 Å². The number of hydrogen-bond donors (Lipinski definition) is 2. The Hall–Kier alpha value is -4.11. The van der Waals surface area contributed by atoms with Crippen LogP contribution in [0.25, 0.3) is 10.8 Å². The minimum atomic E-state index is -0.576. The predicted octanol–water partition coefficient (Wildman–Crippen LogP) is 5.61. The molecule has 1 aliphatic rings. The number of carbonyl (C=O) groups excluding carboxylic acids is 1. The summed E-state index contributed by atoms with van der Waals surface area (Å²) < 4.78 is 11.3. The molecule has 2 aromatic heterocycles. The normalized spacial score (nSPS) is 13.2. The second kappa shape index (κ2) is 10.6. The average Bonchev–Trinajstić information content (AvgIpc) is 2.88. The van der Waals surface area contributed by atoms with Gasteiger partial charge < -0.3 is 19.7 Å². The molecule has 1 aliphatic heterocycles. The first-order valence-electron chi connectivity index (χ1n) is 12.7. The number of fused-ring (bicyclic) bond motifs is 2. The first kappa shape index (κ1) is 26.5. The highest BCUT2D eigenvalue weighted by molar-refractivity contribution is 6.31. The number of H-pyrrole nitrogens is 1. The van der Waals surface area contributed by atoms with E-state index < -0.39 is 5.60 Å². The van der Waals surface area contributed by atoms with E-state index in [1.165, 1.54) is 0 Å². The van der Waals surface area contributed by atoms with Gasteiger partial charge in [0.05, 0.1) is 24.4 Å². The topological polar surface area (TPSA) is 109 Å². The van der Waals surface area contributed by atoms with E-state index in [1.807, 2.05) is 63.2 Å². The molecule has 0 fully saturated rings. The molecule has 5 rings (SSSR count). The second-order valence-corrected chi connectivity index (χ2v) is 10.9. The van der Waals surface area contributed by atoms with Crippen LogP contribution in [0.15, 0.2) is 53.5 Å². The van der Waals surface area contributed by atoms with Crippen LogP contribution in [-0.4, -0.2) is 45.4 Å². The minimum Gasteiger partial charge on any atom is -0.495 e. The number of aromatic nitrogens is 3. The molecule has 0 saturated carbocycles. The molecule has 10 heteroatoms. The van der Waals surface area contributed by atoms with Gasteiger partial charge in [-0.2, -0.15) is 5.10 Å². The van der Waals surface area contributed by atoms with Crippen molar-refractivity contribution in [2.45, 2.75) is 45.8 Å². The highest BCUT2D eigenvalue weighted by atomic mass is 35.5. The molecule has 0 spiro atoms. The number of ether oxygens (including phenoxy) is 2. The van der Waals surface area contributed by atoms with Gasteiger partial charge in [0, 0.05) is 35.6 Å². The van der Waals surface area contributed by atoms with Crippen molar-refractivity contribution in [3.63, 3.8) is 0 Å². The molecule has 3 heterocycles. The molecule has 2 N–H and O–H groups in total. The van der Waals surface area contributed by atoms with Gasteiger partial charge in [-0.1, -0.05) is 29.8 Å². The van der Waals surface area contributed by atoms with E-state index in [4.69, 9.17) is 26.1 Å². The van der Waals surface area contributed by atoms with Gasteiger partial charge in [0.2, 0.25) is 0 Å². The van der Waals surface area contributed by atoms with Crippen LogP contribution in [0.4, 0.5) is 16.3 Å². The third-order valence-electron chi connectivity index (χ3n) is 6.47. The van der Waals surface area contributed by atoms with Gasteiger partial charge in [-0.15, -0.1) is 0 Å². The van der Waals surface area contributed by atoms with E-state index in [2.05, 4.69) is 15.5 Å². The van der Waals surface area contributed by atoms with Crippen molar-refractivity contribution < 1.29 is 14.3 Å². The second-order valence-electron chi connectivity index (χ2n) is 10.5. The van der Waals surface area contributed by atoms with Crippen molar-refractivity contribution in [3.05, 3.63) is 86.4 Å². The van der Waals surface area contributed by atoms with Crippen LogP contribution in [0.2, 0.25) is 5.02 Å². The molecule has 202 valence electrons. The number of rotatable bonds is 5. The molecule has 2 aromatic carbocycles. The Labute approximate surface area is 231 Å². The number of halogens is 1. The lowest BCUT2D eigenvalue weighted by Crippen LogP contribution is -2.39. The number of amides is 1. The van der Waals surface area contributed by atoms with Crippen molar-refractivity contribution in [1.82, 2.24) is 20.1 Å². The third kappa shape index (κ3) is 5.83. The average molecular weight is 548 g/mol. The number of carbonyl (C=O) groups is 1. The summed E-state index contributed by atoms with van der Waals surface area (Å²) in [5.41, 5.74) is 3.38. The maximum absolute atomic E-state index is 12.8. The van der Waals surface area contributed by atoms with Gasteiger partial charge in [-0.3, -0.25) is 4.79 Å². The van der Waals surface area contributed by atoms with E-state index in [0.29, 0.717) is 59.0 Å². The number of anilines is 2. The molecule has 0 saturated heterocycles. The summed E-state index contributed by atoms with van der Waals surface area (Å²) in [5, 5.41) is 11.5. The number of hydrogen-bond acceptors (Lipinski definition) is 7. The largest absolute Gasteiger partial charge is 0.495 e. The third-order valence-corrected chi connectivity index (χ3v) is 6.84. The fourth-order valence-electron chi connectivity index (χ4n) is 4.66. The lowest BCUT2D eigenvalue weighted by atomic mass is 9.98. The van der Waals surface area contributed by atoms with Gasteiger partial charge in [0.25, 0.3) is 5.56 Å². The molecule has 0 aliphatic carbocycles. The smallest absolute Gasteiger partial charge is 0.410 e. The molecular weight excluding hydrogens is 518 g/mol. The zero-order valence-corrected chi connectivity index (χ0v) is 23.1. The van der Waals surface area contributed by atoms with E-state index in [1.54, 1.807) is 18.2 Å². The van der Waals surface area contributed by atoms with Crippen molar-refractivity contribution in [2.24, 2.45) is 0 Å². The molecule has 0 atom stereocenters. The summed E-state index contributed by atoms with van der Waals surface area (Å²) in [4.78, 5) is 32.0. The highest BCUT2D eigenvalue weighted by Gasteiger charge is 2.27. The van der Waals surface area contributed by atoms with Crippen LogP contribution >= 0.6 is 11.6 Å². The standard InChI is InChI=1S/C29H30ClN5O4/c1-29(2,3)39-28(37)35-10-9-17-14-24(38-4)23(13-20(17)16-35)33-26-25-19(15-31-34-27(25)36)12-21(32-26)11-18-7-5-6-8-22(18)30/h5-8,12-15H,9-11,16H2,1-4H3,(H,32,33)(H,34,36). The maximum atomic E-state index is 12.8. The van der Waals surface area contributed by atoms with Crippen LogP contribution in [0.5, 0.6) is 5.75 Å². The molecule has 1 amide bonds. The van der Waals surface area contributed by atoms with Gasteiger partial charge in [0.15, 0.2) is 0 Å². The lowest BCUT2D eigenvalue weighted by Gasteiger charge is -2.31. The Bertz CT molecular complexity index is 1610. The summed E-state index contributed by atoms with van der Waals surface area (Å²) in [6.07, 6.45) is 2.40. The molecule has 0 unspecified atom stereocenters. The predicted molar refractivity (Wildman–Crippen MR) is 151 cm³/mol. The number of nitrogens with one attached hydrogen (secondary N) is 2. The van der Waals surface area contributed by atoms with Crippen LogP contribution in [0.1, 0.15) is 43.2 Å². The Morgan fingerprint density at radius 2 is 1.97 bits per heavy atom. The Kier molecular flexibility index (Phi) is 7.18. The van der Waals surface area contributed by atoms with Gasteiger partial charge in [-0.05, 0) is 68.1 Å². The molecule has 0 radical (unpaired) electrons. The van der Waals surface area contributed by atoms with Crippen molar-refractivity contribution >= 4 is 40.0 Å². The first-order valence-corrected chi connectivity index (χ1v) is 13.0. The zero-order chi connectivity index (χ0) is 27.7. The molecule has 0 bridgehead atoms. The van der Waals surface area contributed by atoms with Crippen LogP contribution in [0.3, 0.4) is 0 Å². The Morgan fingerprint density at radius 1 is 1.18 bits per heavy atom. The molecular formula is C29H30ClN5O4. The number of aromatic amines is 1.